The molecule has 6 rings (SSSR count). The Kier molecular flexibility index (Phi) is 4.65. The smallest absolute Gasteiger partial charge is 0.263 e. The van der Waals surface area contributed by atoms with Gasteiger partial charge in [-0.05, 0) is 56.3 Å². The van der Waals surface area contributed by atoms with Crippen molar-refractivity contribution in [3.05, 3.63) is 48.3 Å². The Labute approximate surface area is 191 Å². The number of hydrogen-bond donors (Lipinski definition) is 2. The number of anilines is 4. The molecule has 0 saturated carbocycles. The maximum absolute atomic E-state index is 11.5. The first kappa shape index (κ1) is 19.9. The van der Waals surface area contributed by atoms with Crippen LogP contribution in [0.15, 0.2) is 42.7 Å². The fraction of sp³-hybridized carbons (Fsp3) is 0.333. The third kappa shape index (κ3) is 3.64. The van der Waals surface area contributed by atoms with Crippen molar-refractivity contribution in [1.82, 2.24) is 19.9 Å². The Morgan fingerprint density at radius 3 is 2.85 bits per heavy atom. The van der Waals surface area contributed by atoms with Gasteiger partial charge in [0.15, 0.2) is 18.2 Å². The molecule has 2 atom stereocenters. The second-order valence-electron chi connectivity index (χ2n) is 8.93. The van der Waals surface area contributed by atoms with Gasteiger partial charge in [0.05, 0.1) is 5.69 Å². The lowest BCUT2D eigenvalue weighted by atomic mass is 10.1. The van der Waals surface area contributed by atoms with Crippen LogP contribution in [0.2, 0.25) is 0 Å². The number of rotatable bonds is 4. The van der Waals surface area contributed by atoms with Gasteiger partial charge in [-0.3, -0.25) is 9.69 Å². The van der Waals surface area contributed by atoms with Crippen LogP contribution in [0, 0.1) is 6.92 Å². The van der Waals surface area contributed by atoms with Gasteiger partial charge in [-0.15, -0.1) is 0 Å². The van der Waals surface area contributed by atoms with E-state index < -0.39 is 0 Å². The van der Waals surface area contributed by atoms with Crippen molar-refractivity contribution in [3.63, 3.8) is 0 Å². The zero-order chi connectivity index (χ0) is 22.5. The average molecular weight is 444 g/mol. The molecule has 2 N–H and O–H groups in total. The monoisotopic (exact) mass is 443 g/mol. The second-order valence-corrected chi connectivity index (χ2v) is 8.93. The minimum absolute atomic E-state index is 0.0143. The van der Waals surface area contributed by atoms with Gasteiger partial charge in [-0.25, -0.2) is 15.0 Å². The third-order valence-electron chi connectivity index (χ3n) is 6.70. The van der Waals surface area contributed by atoms with Gasteiger partial charge < -0.3 is 20.3 Å². The van der Waals surface area contributed by atoms with Crippen LogP contribution in [-0.2, 0) is 4.79 Å². The highest BCUT2D eigenvalue weighted by Gasteiger charge is 2.41. The van der Waals surface area contributed by atoms with Crippen LogP contribution in [0.5, 0.6) is 5.75 Å². The molecule has 2 aromatic heterocycles. The van der Waals surface area contributed by atoms with Gasteiger partial charge in [0.2, 0.25) is 5.95 Å². The second kappa shape index (κ2) is 7.70. The Morgan fingerprint density at radius 1 is 1.15 bits per heavy atom. The molecule has 1 amide bonds. The Morgan fingerprint density at radius 2 is 2.06 bits per heavy atom. The minimum Gasteiger partial charge on any atom is -0.480 e. The van der Waals surface area contributed by atoms with E-state index in [2.05, 4.69) is 67.6 Å². The first-order valence-corrected chi connectivity index (χ1v) is 11.1. The van der Waals surface area contributed by atoms with Crippen molar-refractivity contribution in [2.24, 2.45) is 0 Å². The molecule has 168 valence electrons. The van der Waals surface area contributed by atoms with Gasteiger partial charge in [0.25, 0.3) is 5.91 Å². The Balaban J connectivity index is 1.21. The van der Waals surface area contributed by atoms with Crippen molar-refractivity contribution >= 4 is 29.0 Å². The molecule has 3 aliphatic heterocycles. The maximum Gasteiger partial charge on any atom is 0.263 e. The number of aromatic nitrogens is 3. The van der Waals surface area contributed by atoms with Gasteiger partial charge in [-0.1, -0.05) is 0 Å². The lowest BCUT2D eigenvalue weighted by molar-refractivity contribution is -0.118. The summed E-state index contributed by atoms with van der Waals surface area (Å²) in [6.45, 7) is 4.38. The number of pyridine rings is 1. The molecule has 2 saturated heterocycles. The molecule has 9 nitrogen and oxygen atoms in total. The number of ether oxygens (including phenoxy) is 1. The van der Waals surface area contributed by atoms with Crippen LogP contribution in [0.4, 0.5) is 23.1 Å². The van der Waals surface area contributed by atoms with Crippen molar-refractivity contribution < 1.29 is 9.53 Å². The van der Waals surface area contributed by atoms with E-state index in [-0.39, 0.29) is 12.5 Å². The number of carbonyl (C=O) groups excluding carboxylic acids is 1. The molecular formula is C24H25N7O2. The molecule has 0 radical (unpaired) electrons. The van der Waals surface area contributed by atoms with Crippen molar-refractivity contribution in [1.29, 1.82) is 0 Å². The zero-order valence-electron chi connectivity index (χ0n) is 18.6. The zero-order valence-corrected chi connectivity index (χ0v) is 18.6. The highest BCUT2D eigenvalue weighted by atomic mass is 16.5. The number of piperazine rings is 1. The number of hydrogen-bond acceptors (Lipinski definition) is 8. The molecule has 3 aliphatic rings. The number of benzene rings is 1. The topological polar surface area (TPSA) is 95.5 Å². The summed E-state index contributed by atoms with van der Waals surface area (Å²) in [6, 6.07) is 11.4. The van der Waals surface area contributed by atoms with Crippen LogP contribution in [-0.4, -0.2) is 64.6 Å². The molecule has 1 aromatic carbocycles. The molecule has 5 heterocycles. The maximum atomic E-state index is 11.5. The normalized spacial score (nSPS) is 21.5. The first-order chi connectivity index (χ1) is 16.0. The van der Waals surface area contributed by atoms with Crippen LogP contribution >= 0.6 is 0 Å². The summed E-state index contributed by atoms with van der Waals surface area (Å²) in [5, 5.41) is 6.02. The Bertz CT molecular complexity index is 1250. The van der Waals surface area contributed by atoms with E-state index >= 15 is 0 Å². The summed E-state index contributed by atoms with van der Waals surface area (Å²) in [7, 11) is 2.22. The highest BCUT2D eigenvalue weighted by molar-refractivity contribution is 5.94. The number of nitrogens with one attached hydrogen (secondary N) is 2. The summed E-state index contributed by atoms with van der Waals surface area (Å²) >= 11 is 0. The molecule has 0 spiro atoms. The molecule has 2 fully saturated rings. The number of carbonyl (C=O) groups is 1. The number of fused-ring (bicyclic) bond motifs is 3. The van der Waals surface area contributed by atoms with Crippen LogP contribution in [0.1, 0.15) is 12.0 Å². The molecule has 2 bridgehead atoms. The summed E-state index contributed by atoms with van der Waals surface area (Å²) in [5.41, 5.74) is 5.00. The third-order valence-corrected chi connectivity index (χ3v) is 6.70. The number of likely N-dealkylation sites (tertiary alicyclic amines) is 1. The number of aryl methyl sites for hydroxylation is 1. The van der Waals surface area contributed by atoms with E-state index in [1.165, 1.54) is 17.7 Å². The van der Waals surface area contributed by atoms with Gasteiger partial charge in [-0.2, -0.15) is 0 Å². The van der Waals surface area contributed by atoms with E-state index in [0.29, 0.717) is 35.3 Å². The van der Waals surface area contributed by atoms with Crippen LogP contribution in [0.3, 0.4) is 0 Å². The van der Waals surface area contributed by atoms with Crippen molar-refractivity contribution in [2.45, 2.75) is 25.4 Å². The fourth-order valence-electron chi connectivity index (χ4n) is 5.03. The molecule has 0 unspecified atom stereocenters. The van der Waals surface area contributed by atoms with E-state index in [0.717, 1.165) is 24.3 Å². The fourth-order valence-corrected chi connectivity index (χ4v) is 5.03. The van der Waals surface area contributed by atoms with Gasteiger partial charge in [0.1, 0.15) is 0 Å². The van der Waals surface area contributed by atoms with Gasteiger partial charge >= 0.3 is 0 Å². The summed E-state index contributed by atoms with van der Waals surface area (Å²) in [6.07, 6.45) is 4.64. The van der Waals surface area contributed by atoms with E-state index in [1.54, 1.807) is 12.4 Å². The standard InChI is InChI=1S/C24H25N7O2/c1-14-7-16(3-4-20(14)31-12-17-9-18(31)11-30(17)2)27-24-25-6-5-19(28-24)15-8-21-23(26-10-15)29-22(32)13-33-21/h3-8,10,17-18H,9,11-13H2,1-2H3,(H,25,27,28)(H,26,29,32)/t17-,18-/m0/s1. The van der Waals surface area contributed by atoms with E-state index in [9.17, 15) is 4.79 Å². The first-order valence-electron chi connectivity index (χ1n) is 11.1. The number of likely N-dealkylation sites (N-methyl/N-ethyl adjacent to an activating group) is 1. The quantitative estimate of drug-likeness (QED) is 0.636. The summed E-state index contributed by atoms with van der Waals surface area (Å²) in [5.74, 6) is 1.26. The van der Waals surface area contributed by atoms with Crippen molar-refractivity contribution in [3.8, 4) is 17.0 Å². The molecule has 0 aliphatic carbocycles. The lowest BCUT2D eigenvalue weighted by Gasteiger charge is -2.34. The SMILES string of the molecule is Cc1cc(Nc2nccc(-c3cnc4c(c3)OCC(=O)N4)n2)ccc1N1C[C@@H]2C[C@H]1CN2C. The highest BCUT2D eigenvalue weighted by Crippen LogP contribution is 2.36. The summed E-state index contributed by atoms with van der Waals surface area (Å²) in [4.78, 5) is 29.8. The minimum atomic E-state index is -0.206. The predicted molar refractivity (Wildman–Crippen MR) is 126 cm³/mol. The molecular weight excluding hydrogens is 418 g/mol. The van der Waals surface area contributed by atoms with Crippen LogP contribution < -0.4 is 20.3 Å². The molecule has 9 heteroatoms. The molecule has 3 aromatic rings. The van der Waals surface area contributed by atoms with Crippen molar-refractivity contribution in [2.75, 3.05) is 42.3 Å². The average Bonchev–Trinajstić information content (AvgIpc) is 3.38. The number of nitrogens with zero attached hydrogens (tertiary/aromatic N) is 5. The van der Waals surface area contributed by atoms with E-state index in [4.69, 9.17) is 4.74 Å². The molecule has 33 heavy (non-hydrogen) atoms. The van der Waals surface area contributed by atoms with Crippen LogP contribution in [0.25, 0.3) is 11.3 Å². The summed E-state index contributed by atoms with van der Waals surface area (Å²) < 4.78 is 5.47. The lowest BCUT2D eigenvalue weighted by Crippen LogP contribution is -2.44. The predicted octanol–water partition coefficient (Wildman–Crippen LogP) is 2.81. The Hall–Kier alpha value is -3.72. The largest absolute Gasteiger partial charge is 0.480 e. The number of amides is 1. The van der Waals surface area contributed by atoms with Gasteiger partial charge in [0, 0.05) is 54.5 Å². The van der Waals surface area contributed by atoms with E-state index in [1.807, 2.05) is 12.1 Å².